The van der Waals surface area contributed by atoms with Crippen LogP contribution in [-0.4, -0.2) is 23.5 Å². The first-order chi connectivity index (χ1) is 12.1. The molecule has 0 fully saturated rings. The minimum atomic E-state index is -4.73. The molecular weight excluding hydrogens is 367 g/mol. The minimum Gasteiger partial charge on any atom is -0.444 e. The lowest BCUT2D eigenvalue weighted by molar-refractivity contribution is -0.138. The summed E-state index contributed by atoms with van der Waals surface area (Å²) in [6, 6.07) is 2.96. The van der Waals surface area contributed by atoms with Crippen molar-refractivity contribution in [2.45, 2.75) is 65.5 Å². The molecule has 1 aromatic carbocycles. The van der Waals surface area contributed by atoms with Gasteiger partial charge in [0, 0.05) is 6.54 Å². The second kappa shape index (κ2) is 8.06. The van der Waals surface area contributed by atoms with Gasteiger partial charge in [-0.15, -0.1) is 0 Å². The Labute approximate surface area is 156 Å². The second-order valence-corrected chi connectivity index (χ2v) is 7.75. The van der Waals surface area contributed by atoms with E-state index in [0.29, 0.717) is 0 Å². The fraction of sp³-hybridized carbons (Fsp3) is 0.556. The van der Waals surface area contributed by atoms with Gasteiger partial charge < -0.3 is 19.5 Å². The highest BCUT2D eigenvalue weighted by atomic mass is 19.4. The predicted octanol–water partition coefficient (Wildman–Crippen LogP) is 5.04. The number of carbonyl (C=O) groups is 2. The number of rotatable bonds is 3. The standard InChI is InChI=1S/C18H24F3NO5/c1-16(2,3)26-14(23)22-10-11-7-8-12(18(19,20)21)13(9-11)25-15(24)27-17(4,5)6/h7-9H,10H2,1-6H3,(H,22,23). The van der Waals surface area contributed by atoms with Crippen molar-refractivity contribution in [1.82, 2.24) is 5.32 Å². The lowest BCUT2D eigenvalue weighted by Gasteiger charge is -2.21. The number of halogens is 3. The van der Waals surface area contributed by atoms with Crippen molar-refractivity contribution in [1.29, 1.82) is 0 Å². The number of hydrogen-bond acceptors (Lipinski definition) is 5. The van der Waals surface area contributed by atoms with Gasteiger partial charge in [0.1, 0.15) is 17.0 Å². The molecule has 1 amide bonds. The van der Waals surface area contributed by atoms with Gasteiger partial charge in [-0.3, -0.25) is 0 Å². The highest BCUT2D eigenvalue weighted by Gasteiger charge is 2.35. The van der Waals surface area contributed by atoms with Crippen molar-refractivity contribution >= 4 is 12.2 Å². The highest BCUT2D eigenvalue weighted by molar-refractivity contribution is 5.68. The molecule has 0 unspecified atom stereocenters. The lowest BCUT2D eigenvalue weighted by atomic mass is 10.1. The Kier molecular flexibility index (Phi) is 6.74. The molecule has 0 aromatic heterocycles. The fourth-order valence-electron chi connectivity index (χ4n) is 1.84. The zero-order valence-electron chi connectivity index (χ0n) is 16.1. The molecule has 0 aliphatic heterocycles. The van der Waals surface area contributed by atoms with Gasteiger partial charge in [-0.1, -0.05) is 6.07 Å². The number of alkyl carbamates (subject to hydrolysis) is 1. The quantitative estimate of drug-likeness (QED) is 0.577. The maximum absolute atomic E-state index is 13.1. The van der Waals surface area contributed by atoms with Gasteiger partial charge >= 0.3 is 18.4 Å². The Hall–Kier alpha value is -2.45. The Balaban J connectivity index is 2.97. The summed E-state index contributed by atoms with van der Waals surface area (Å²) < 4.78 is 54.1. The molecule has 1 N–H and O–H groups in total. The Morgan fingerprint density at radius 2 is 1.52 bits per heavy atom. The van der Waals surface area contributed by atoms with Gasteiger partial charge in [0.15, 0.2) is 0 Å². The van der Waals surface area contributed by atoms with E-state index in [9.17, 15) is 22.8 Å². The molecule has 0 aliphatic rings. The van der Waals surface area contributed by atoms with Gasteiger partial charge in [0.05, 0.1) is 5.56 Å². The average molecular weight is 391 g/mol. The zero-order chi connectivity index (χ0) is 21.0. The second-order valence-electron chi connectivity index (χ2n) is 7.75. The molecule has 6 nitrogen and oxygen atoms in total. The number of alkyl halides is 3. The summed E-state index contributed by atoms with van der Waals surface area (Å²) in [7, 11) is 0. The van der Waals surface area contributed by atoms with E-state index in [2.05, 4.69) is 5.32 Å². The molecule has 9 heteroatoms. The third-order valence-electron chi connectivity index (χ3n) is 2.77. The van der Waals surface area contributed by atoms with Gasteiger partial charge in [-0.2, -0.15) is 13.2 Å². The van der Waals surface area contributed by atoms with E-state index in [1.54, 1.807) is 41.5 Å². The van der Waals surface area contributed by atoms with E-state index in [1.807, 2.05) is 0 Å². The Morgan fingerprint density at radius 1 is 0.963 bits per heavy atom. The van der Waals surface area contributed by atoms with E-state index in [1.165, 1.54) is 6.07 Å². The first-order valence-corrected chi connectivity index (χ1v) is 8.15. The van der Waals surface area contributed by atoms with Gasteiger partial charge in [-0.25, -0.2) is 9.59 Å². The van der Waals surface area contributed by atoms with Crippen LogP contribution in [0.3, 0.4) is 0 Å². The molecule has 0 radical (unpaired) electrons. The molecule has 152 valence electrons. The molecule has 0 atom stereocenters. The van der Waals surface area contributed by atoms with Crippen LogP contribution in [-0.2, 0) is 22.2 Å². The van der Waals surface area contributed by atoms with Crippen LogP contribution in [0.15, 0.2) is 18.2 Å². The fourth-order valence-corrected chi connectivity index (χ4v) is 1.84. The van der Waals surface area contributed by atoms with Gasteiger partial charge in [0.2, 0.25) is 0 Å². The minimum absolute atomic E-state index is 0.113. The monoisotopic (exact) mass is 391 g/mol. The van der Waals surface area contributed by atoms with Crippen molar-refractivity contribution < 1.29 is 37.0 Å². The number of benzene rings is 1. The summed E-state index contributed by atoms with van der Waals surface area (Å²) in [5, 5.41) is 2.42. The molecule has 1 rings (SSSR count). The van der Waals surface area contributed by atoms with E-state index < -0.39 is 40.9 Å². The van der Waals surface area contributed by atoms with Crippen LogP contribution in [0.1, 0.15) is 52.7 Å². The van der Waals surface area contributed by atoms with Gasteiger partial charge in [0.25, 0.3) is 0 Å². The Morgan fingerprint density at radius 3 is 2.00 bits per heavy atom. The normalized spacial score (nSPS) is 12.3. The molecule has 0 saturated heterocycles. The van der Waals surface area contributed by atoms with Crippen LogP contribution < -0.4 is 10.1 Å². The summed E-state index contributed by atoms with van der Waals surface area (Å²) in [4.78, 5) is 23.4. The number of carbonyl (C=O) groups excluding carboxylic acids is 2. The zero-order valence-corrected chi connectivity index (χ0v) is 16.1. The van der Waals surface area contributed by atoms with Crippen molar-refractivity contribution in [2.24, 2.45) is 0 Å². The average Bonchev–Trinajstić information content (AvgIpc) is 2.40. The molecule has 0 aliphatic carbocycles. The maximum Gasteiger partial charge on any atom is 0.514 e. The largest absolute Gasteiger partial charge is 0.514 e. The van der Waals surface area contributed by atoms with Crippen LogP contribution >= 0.6 is 0 Å². The van der Waals surface area contributed by atoms with E-state index in [0.717, 1.165) is 12.1 Å². The van der Waals surface area contributed by atoms with Gasteiger partial charge in [-0.05, 0) is 59.2 Å². The SMILES string of the molecule is CC(C)(C)OC(=O)NCc1ccc(C(F)(F)F)c(OC(=O)OC(C)(C)C)c1. The molecule has 1 aromatic rings. The van der Waals surface area contributed by atoms with Crippen LogP contribution in [0.5, 0.6) is 5.75 Å². The van der Waals surface area contributed by atoms with Crippen LogP contribution in [0.2, 0.25) is 0 Å². The Bertz CT molecular complexity index is 688. The van der Waals surface area contributed by atoms with Crippen molar-refractivity contribution in [3.63, 3.8) is 0 Å². The third-order valence-corrected chi connectivity index (χ3v) is 2.77. The number of nitrogens with one attached hydrogen (secondary N) is 1. The first-order valence-electron chi connectivity index (χ1n) is 8.15. The van der Waals surface area contributed by atoms with E-state index >= 15 is 0 Å². The molecule has 0 heterocycles. The smallest absolute Gasteiger partial charge is 0.444 e. The van der Waals surface area contributed by atoms with Crippen molar-refractivity contribution in [2.75, 3.05) is 0 Å². The molecular formula is C18H24F3NO5. The maximum atomic E-state index is 13.1. The van der Waals surface area contributed by atoms with Crippen LogP contribution in [0.4, 0.5) is 22.8 Å². The molecule has 0 saturated carbocycles. The molecule has 27 heavy (non-hydrogen) atoms. The van der Waals surface area contributed by atoms with E-state index in [4.69, 9.17) is 14.2 Å². The summed E-state index contributed by atoms with van der Waals surface area (Å²) in [6.07, 6.45) is -6.71. The molecule has 0 spiro atoms. The summed E-state index contributed by atoms with van der Waals surface area (Å²) in [5.41, 5.74) is -2.48. The first kappa shape index (κ1) is 22.6. The highest BCUT2D eigenvalue weighted by Crippen LogP contribution is 2.37. The number of ether oxygens (including phenoxy) is 3. The van der Waals surface area contributed by atoms with Crippen molar-refractivity contribution in [3.8, 4) is 5.75 Å². The number of hydrogen-bond donors (Lipinski definition) is 1. The topological polar surface area (TPSA) is 73.9 Å². The summed E-state index contributed by atoms with van der Waals surface area (Å²) in [5.74, 6) is -0.708. The predicted molar refractivity (Wildman–Crippen MR) is 91.4 cm³/mol. The number of amides is 1. The third kappa shape index (κ3) is 8.65. The summed E-state index contributed by atoms with van der Waals surface area (Å²) in [6.45, 7) is 9.59. The molecule has 0 bridgehead atoms. The lowest BCUT2D eigenvalue weighted by Crippen LogP contribution is -2.32. The van der Waals surface area contributed by atoms with Crippen molar-refractivity contribution in [3.05, 3.63) is 29.3 Å². The van der Waals surface area contributed by atoms with Crippen LogP contribution in [0.25, 0.3) is 0 Å². The summed E-state index contributed by atoms with van der Waals surface area (Å²) >= 11 is 0. The van der Waals surface area contributed by atoms with E-state index in [-0.39, 0.29) is 12.1 Å². The van der Waals surface area contributed by atoms with Crippen LogP contribution in [0, 0.1) is 0 Å².